The molecule has 0 saturated heterocycles. The molecule has 7 heteroatoms. The van der Waals surface area contributed by atoms with Gasteiger partial charge in [0.25, 0.3) is 0 Å². The molecule has 23 heavy (non-hydrogen) atoms. The number of hydrogen-bond donors (Lipinski definition) is 1. The Kier molecular flexibility index (Phi) is 10.0. The summed E-state index contributed by atoms with van der Waals surface area (Å²) >= 11 is 0. The minimum Gasteiger partial charge on any atom is -0.465 e. The van der Waals surface area contributed by atoms with Crippen molar-refractivity contribution in [1.29, 1.82) is 0 Å². The number of nitrogens with one attached hydrogen (secondary N) is 1. The van der Waals surface area contributed by atoms with Gasteiger partial charge in [-0.25, -0.2) is 4.79 Å². The summed E-state index contributed by atoms with van der Waals surface area (Å²) in [5, 5.41) is 2.63. The molecule has 0 saturated carbocycles. The number of ether oxygens (including phenoxy) is 3. The summed E-state index contributed by atoms with van der Waals surface area (Å²) in [4.78, 5) is 35.0. The van der Waals surface area contributed by atoms with Crippen LogP contribution in [-0.4, -0.2) is 43.4 Å². The highest BCUT2D eigenvalue weighted by molar-refractivity contribution is 5.94. The third kappa shape index (κ3) is 10.5. The Balaban J connectivity index is 4.15. The van der Waals surface area contributed by atoms with E-state index in [0.717, 1.165) is 0 Å². The maximum Gasteiger partial charge on any atom is 0.407 e. The van der Waals surface area contributed by atoms with Gasteiger partial charge in [-0.15, -0.1) is 0 Å². The van der Waals surface area contributed by atoms with E-state index in [0.29, 0.717) is 25.8 Å². The van der Waals surface area contributed by atoms with Gasteiger partial charge in [0.05, 0.1) is 13.2 Å². The molecule has 134 valence electrons. The van der Waals surface area contributed by atoms with Crippen LogP contribution in [0.2, 0.25) is 0 Å². The maximum atomic E-state index is 11.8. The number of alkyl carbamates (subject to hydrolysis) is 1. The lowest BCUT2D eigenvalue weighted by Gasteiger charge is -2.19. The van der Waals surface area contributed by atoms with Crippen molar-refractivity contribution in [1.82, 2.24) is 5.32 Å². The zero-order valence-corrected chi connectivity index (χ0v) is 14.8. The highest BCUT2D eigenvalue weighted by atomic mass is 16.6. The number of unbranched alkanes of at least 4 members (excludes halogenated alkanes) is 1. The molecule has 1 N–H and O–H groups in total. The van der Waals surface area contributed by atoms with E-state index >= 15 is 0 Å². The second-order valence-electron chi connectivity index (χ2n) is 5.98. The summed E-state index contributed by atoms with van der Waals surface area (Å²) in [5.74, 6) is -2.03. The van der Waals surface area contributed by atoms with Crippen LogP contribution in [0.4, 0.5) is 4.79 Å². The van der Waals surface area contributed by atoms with E-state index in [2.05, 4.69) is 5.32 Å². The topological polar surface area (TPSA) is 90.9 Å². The molecule has 0 aliphatic rings. The van der Waals surface area contributed by atoms with E-state index < -0.39 is 29.6 Å². The van der Waals surface area contributed by atoms with Gasteiger partial charge in [0.15, 0.2) is 5.92 Å². The fourth-order valence-corrected chi connectivity index (χ4v) is 1.80. The summed E-state index contributed by atoms with van der Waals surface area (Å²) in [6, 6.07) is 0. The minimum atomic E-state index is -0.906. The lowest BCUT2D eigenvalue weighted by molar-refractivity contribution is -0.162. The Morgan fingerprint density at radius 1 is 0.957 bits per heavy atom. The summed E-state index contributed by atoms with van der Waals surface area (Å²) < 4.78 is 14.9. The fourth-order valence-electron chi connectivity index (χ4n) is 1.80. The van der Waals surface area contributed by atoms with Crippen LogP contribution in [0, 0.1) is 5.92 Å². The van der Waals surface area contributed by atoms with Gasteiger partial charge in [-0.1, -0.05) is 6.42 Å². The van der Waals surface area contributed by atoms with Crippen molar-refractivity contribution in [2.75, 3.05) is 19.8 Å². The fraction of sp³-hybridized carbons (Fsp3) is 0.812. The molecule has 0 unspecified atom stereocenters. The first-order chi connectivity index (χ1) is 10.7. The molecule has 0 aliphatic carbocycles. The van der Waals surface area contributed by atoms with Crippen LogP contribution >= 0.6 is 0 Å². The first-order valence-corrected chi connectivity index (χ1v) is 8.01. The Hall–Kier alpha value is -1.79. The summed E-state index contributed by atoms with van der Waals surface area (Å²) in [6.45, 7) is 9.58. The van der Waals surface area contributed by atoms with Gasteiger partial charge in [-0.2, -0.15) is 0 Å². The van der Waals surface area contributed by atoms with Crippen LogP contribution in [0.15, 0.2) is 0 Å². The first-order valence-electron chi connectivity index (χ1n) is 8.01. The Bertz CT molecular complexity index is 371. The molecule has 0 aliphatic heterocycles. The zero-order chi connectivity index (χ0) is 17.9. The average molecular weight is 331 g/mol. The minimum absolute atomic E-state index is 0.217. The third-order valence-corrected chi connectivity index (χ3v) is 2.73. The molecular formula is C16H29NO6. The van der Waals surface area contributed by atoms with Gasteiger partial charge in [-0.3, -0.25) is 9.59 Å². The SMILES string of the molecule is CCOC(=O)C(CCCCNC(=O)OC(C)(C)C)C(=O)OCC. The van der Waals surface area contributed by atoms with Crippen molar-refractivity contribution in [2.45, 2.75) is 59.5 Å². The van der Waals surface area contributed by atoms with Gasteiger partial charge in [0.2, 0.25) is 0 Å². The molecule has 0 aromatic rings. The number of carbonyl (C=O) groups excluding carboxylic acids is 3. The quantitative estimate of drug-likeness (QED) is 0.302. The monoisotopic (exact) mass is 331 g/mol. The molecule has 0 rings (SSSR count). The highest BCUT2D eigenvalue weighted by Crippen LogP contribution is 2.13. The van der Waals surface area contributed by atoms with Gasteiger partial charge < -0.3 is 19.5 Å². The molecule has 0 aromatic carbocycles. The van der Waals surface area contributed by atoms with Crippen LogP contribution in [0.3, 0.4) is 0 Å². The first kappa shape index (κ1) is 21.2. The predicted molar refractivity (Wildman–Crippen MR) is 84.8 cm³/mol. The average Bonchev–Trinajstić information content (AvgIpc) is 2.41. The van der Waals surface area contributed by atoms with E-state index in [4.69, 9.17) is 14.2 Å². The van der Waals surface area contributed by atoms with Gasteiger partial charge >= 0.3 is 18.0 Å². The van der Waals surface area contributed by atoms with Crippen molar-refractivity contribution in [3.8, 4) is 0 Å². The normalized spacial score (nSPS) is 11.0. The predicted octanol–water partition coefficient (Wildman–Crippen LogP) is 2.42. The van der Waals surface area contributed by atoms with Crippen LogP contribution in [0.5, 0.6) is 0 Å². The number of amides is 1. The van der Waals surface area contributed by atoms with E-state index in [1.165, 1.54) is 0 Å². The van der Waals surface area contributed by atoms with Crippen LogP contribution in [0.25, 0.3) is 0 Å². The summed E-state index contributed by atoms with van der Waals surface area (Å²) in [6.07, 6.45) is 1.05. The molecule has 0 heterocycles. The third-order valence-electron chi connectivity index (χ3n) is 2.73. The Morgan fingerprint density at radius 3 is 1.91 bits per heavy atom. The van der Waals surface area contributed by atoms with Crippen molar-refractivity contribution in [2.24, 2.45) is 5.92 Å². The molecular weight excluding hydrogens is 302 g/mol. The second kappa shape index (κ2) is 10.9. The molecule has 1 amide bonds. The second-order valence-corrected chi connectivity index (χ2v) is 5.98. The molecule has 7 nitrogen and oxygen atoms in total. The molecule has 0 spiro atoms. The van der Waals surface area contributed by atoms with Crippen molar-refractivity contribution in [3.63, 3.8) is 0 Å². The maximum absolute atomic E-state index is 11.8. The highest BCUT2D eigenvalue weighted by Gasteiger charge is 2.28. The Morgan fingerprint density at radius 2 is 1.48 bits per heavy atom. The number of carbonyl (C=O) groups is 3. The molecule has 0 aromatic heterocycles. The summed E-state index contributed by atoms with van der Waals surface area (Å²) in [7, 11) is 0. The smallest absolute Gasteiger partial charge is 0.407 e. The van der Waals surface area contributed by atoms with Gasteiger partial charge in [0.1, 0.15) is 5.60 Å². The van der Waals surface area contributed by atoms with Crippen molar-refractivity contribution >= 4 is 18.0 Å². The number of rotatable bonds is 9. The van der Waals surface area contributed by atoms with E-state index in [-0.39, 0.29) is 13.2 Å². The molecule has 0 bridgehead atoms. The zero-order valence-electron chi connectivity index (χ0n) is 14.8. The standard InChI is InChI=1S/C16H29NO6/c1-6-21-13(18)12(14(19)22-7-2)10-8-9-11-17-15(20)23-16(3,4)5/h12H,6-11H2,1-5H3,(H,17,20). The van der Waals surface area contributed by atoms with Crippen molar-refractivity contribution < 1.29 is 28.6 Å². The van der Waals surface area contributed by atoms with E-state index in [1.54, 1.807) is 34.6 Å². The Labute approximate surface area is 138 Å². The molecule has 0 radical (unpaired) electrons. The van der Waals surface area contributed by atoms with Crippen LogP contribution in [0.1, 0.15) is 53.9 Å². The van der Waals surface area contributed by atoms with E-state index in [9.17, 15) is 14.4 Å². The van der Waals surface area contributed by atoms with Gasteiger partial charge in [0, 0.05) is 6.54 Å². The van der Waals surface area contributed by atoms with E-state index in [1.807, 2.05) is 0 Å². The van der Waals surface area contributed by atoms with Crippen LogP contribution in [-0.2, 0) is 23.8 Å². The largest absolute Gasteiger partial charge is 0.465 e. The van der Waals surface area contributed by atoms with Crippen LogP contribution < -0.4 is 5.32 Å². The number of esters is 2. The molecule has 0 fully saturated rings. The lowest BCUT2D eigenvalue weighted by atomic mass is 10.0. The summed E-state index contributed by atoms with van der Waals surface area (Å²) in [5.41, 5.74) is -0.539. The van der Waals surface area contributed by atoms with Gasteiger partial charge in [-0.05, 0) is 47.5 Å². The van der Waals surface area contributed by atoms with Crippen molar-refractivity contribution in [3.05, 3.63) is 0 Å². The molecule has 0 atom stereocenters. The lowest BCUT2D eigenvalue weighted by Crippen LogP contribution is -2.33. The number of hydrogen-bond acceptors (Lipinski definition) is 6.